The van der Waals surface area contributed by atoms with Crippen LogP contribution < -0.4 is 0 Å². The number of amides is 1. The van der Waals surface area contributed by atoms with Gasteiger partial charge in [-0.2, -0.15) is 0 Å². The fourth-order valence-corrected chi connectivity index (χ4v) is 1.99. The third-order valence-electron chi connectivity index (χ3n) is 2.78. The third kappa shape index (κ3) is 3.91. The fraction of sp³-hybridized carbons (Fsp3) is 0.462. The minimum absolute atomic E-state index is 0.127. The topological polar surface area (TPSA) is 72.7 Å². The van der Waals surface area contributed by atoms with Crippen LogP contribution in [0.15, 0.2) is 18.2 Å². The highest BCUT2D eigenvalue weighted by Gasteiger charge is 2.22. The first-order valence-electron chi connectivity index (χ1n) is 6.32. The van der Waals surface area contributed by atoms with Crippen LogP contribution in [0.3, 0.4) is 0 Å². The van der Waals surface area contributed by atoms with Crippen molar-refractivity contribution in [1.82, 2.24) is 4.90 Å². The van der Waals surface area contributed by atoms with E-state index in [1.165, 1.54) is 18.2 Å². The Balaban J connectivity index is 2.95. The Morgan fingerprint density at radius 2 is 2.15 bits per heavy atom. The standard InChI is InChI=1S/C13H17ClN2O4/c1-3-15(8-9-20-4-2)13(17)10-6-5-7-11(12(10)14)16(18)19/h5-7H,3-4,8-9H2,1-2H3. The summed E-state index contributed by atoms with van der Waals surface area (Å²) in [6.07, 6.45) is 0. The Bertz CT molecular complexity index is 493. The lowest BCUT2D eigenvalue weighted by molar-refractivity contribution is -0.384. The lowest BCUT2D eigenvalue weighted by Gasteiger charge is -2.21. The van der Waals surface area contributed by atoms with Crippen LogP contribution in [0, 0.1) is 10.1 Å². The Labute approximate surface area is 122 Å². The van der Waals surface area contributed by atoms with Crippen LogP contribution >= 0.6 is 11.6 Å². The zero-order valence-corrected chi connectivity index (χ0v) is 12.2. The summed E-state index contributed by atoms with van der Waals surface area (Å²) in [6, 6.07) is 4.21. The molecule has 0 aromatic heterocycles. The molecule has 0 saturated heterocycles. The van der Waals surface area contributed by atoms with Gasteiger partial charge in [-0.3, -0.25) is 14.9 Å². The van der Waals surface area contributed by atoms with Crippen LogP contribution in [0.5, 0.6) is 0 Å². The molecule has 0 aliphatic rings. The van der Waals surface area contributed by atoms with E-state index < -0.39 is 4.92 Å². The number of nitro benzene ring substituents is 1. The summed E-state index contributed by atoms with van der Waals surface area (Å²) in [4.78, 5) is 24.1. The van der Waals surface area contributed by atoms with E-state index in [1.807, 2.05) is 13.8 Å². The summed E-state index contributed by atoms with van der Waals surface area (Å²) in [5.74, 6) is -0.332. The van der Waals surface area contributed by atoms with E-state index >= 15 is 0 Å². The number of nitro groups is 1. The maximum Gasteiger partial charge on any atom is 0.288 e. The van der Waals surface area contributed by atoms with Crippen LogP contribution in [-0.4, -0.2) is 42.0 Å². The number of likely N-dealkylation sites (N-methyl/N-ethyl adjacent to an activating group) is 1. The van der Waals surface area contributed by atoms with Gasteiger partial charge in [-0.15, -0.1) is 0 Å². The van der Waals surface area contributed by atoms with E-state index in [9.17, 15) is 14.9 Å². The van der Waals surface area contributed by atoms with Crippen molar-refractivity contribution in [3.8, 4) is 0 Å². The minimum Gasteiger partial charge on any atom is -0.380 e. The van der Waals surface area contributed by atoms with Crippen LogP contribution in [0.2, 0.25) is 5.02 Å². The molecule has 1 rings (SSSR count). The molecule has 0 unspecified atom stereocenters. The molecule has 0 heterocycles. The minimum atomic E-state index is -0.602. The Kier molecular flexibility index (Phi) is 6.41. The molecule has 0 spiro atoms. The molecular formula is C13H17ClN2O4. The predicted molar refractivity (Wildman–Crippen MR) is 76.2 cm³/mol. The molecule has 1 amide bonds. The van der Waals surface area contributed by atoms with Gasteiger partial charge in [0.15, 0.2) is 0 Å². The molecule has 0 aliphatic heterocycles. The fourth-order valence-electron chi connectivity index (χ4n) is 1.72. The average Bonchev–Trinajstić information content (AvgIpc) is 2.43. The first-order valence-corrected chi connectivity index (χ1v) is 6.70. The van der Waals surface area contributed by atoms with Crippen molar-refractivity contribution in [3.63, 3.8) is 0 Å². The van der Waals surface area contributed by atoms with Gasteiger partial charge in [-0.1, -0.05) is 17.7 Å². The molecule has 1 aromatic carbocycles. The summed E-state index contributed by atoms with van der Waals surface area (Å²) in [7, 11) is 0. The summed E-state index contributed by atoms with van der Waals surface area (Å²) >= 11 is 5.94. The summed E-state index contributed by atoms with van der Waals surface area (Å²) < 4.78 is 5.21. The van der Waals surface area contributed by atoms with E-state index in [-0.39, 0.29) is 22.2 Å². The van der Waals surface area contributed by atoms with Gasteiger partial charge in [0.25, 0.3) is 11.6 Å². The molecule has 6 nitrogen and oxygen atoms in total. The molecule has 0 aliphatic carbocycles. The van der Waals surface area contributed by atoms with Crippen molar-refractivity contribution in [1.29, 1.82) is 0 Å². The number of benzene rings is 1. The Morgan fingerprint density at radius 1 is 1.45 bits per heavy atom. The average molecular weight is 301 g/mol. The quantitative estimate of drug-likeness (QED) is 0.441. The van der Waals surface area contributed by atoms with Gasteiger partial charge < -0.3 is 9.64 Å². The predicted octanol–water partition coefficient (Wildman–Crippen LogP) is 2.75. The second-order valence-corrected chi connectivity index (χ2v) is 4.36. The number of nitrogens with zero attached hydrogens (tertiary/aromatic N) is 2. The number of hydrogen-bond acceptors (Lipinski definition) is 4. The van der Waals surface area contributed by atoms with Gasteiger partial charge in [0.1, 0.15) is 5.02 Å². The van der Waals surface area contributed by atoms with Crippen molar-refractivity contribution in [3.05, 3.63) is 38.9 Å². The van der Waals surface area contributed by atoms with Gasteiger partial charge in [-0.05, 0) is 19.9 Å². The highest BCUT2D eigenvalue weighted by atomic mass is 35.5. The third-order valence-corrected chi connectivity index (χ3v) is 3.18. The van der Waals surface area contributed by atoms with Gasteiger partial charge >= 0.3 is 0 Å². The van der Waals surface area contributed by atoms with E-state index in [4.69, 9.17) is 16.3 Å². The van der Waals surface area contributed by atoms with Crippen molar-refractivity contribution in [2.24, 2.45) is 0 Å². The number of rotatable bonds is 7. The normalized spacial score (nSPS) is 10.3. The smallest absolute Gasteiger partial charge is 0.288 e. The monoisotopic (exact) mass is 300 g/mol. The largest absolute Gasteiger partial charge is 0.380 e. The maximum atomic E-state index is 12.3. The van der Waals surface area contributed by atoms with Crippen LogP contribution in [0.1, 0.15) is 24.2 Å². The molecule has 110 valence electrons. The molecule has 0 saturated carbocycles. The second-order valence-electron chi connectivity index (χ2n) is 3.98. The van der Waals surface area contributed by atoms with E-state index in [0.717, 1.165) is 0 Å². The number of carbonyl (C=O) groups is 1. The van der Waals surface area contributed by atoms with Crippen LogP contribution in [-0.2, 0) is 4.74 Å². The second kappa shape index (κ2) is 7.81. The van der Waals surface area contributed by atoms with E-state index in [2.05, 4.69) is 0 Å². The lowest BCUT2D eigenvalue weighted by Crippen LogP contribution is -2.34. The van der Waals surface area contributed by atoms with Crippen LogP contribution in [0.25, 0.3) is 0 Å². The maximum absolute atomic E-state index is 12.3. The highest BCUT2D eigenvalue weighted by molar-refractivity contribution is 6.35. The number of carbonyl (C=O) groups excluding carboxylic acids is 1. The molecule has 0 N–H and O–H groups in total. The Hall–Kier alpha value is -1.66. The molecule has 0 bridgehead atoms. The summed E-state index contributed by atoms with van der Waals surface area (Å²) in [5, 5.41) is 10.7. The molecule has 0 atom stereocenters. The summed E-state index contributed by atoms with van der Waals surface area (Å²) in [6.45, 7) is 5.59. The number of halogens is 1. The van der Waals surface area contributed by atoms with Crippen molar-refractivity contribution in [2.75, 3.05) is 26.3 Å². The molecular weight excluding hydrogens is 284 g/mol. The molecule has 20 heavy (non-hydrogen) atoms. The first-order chi connectivity index (χ1) is 9.52. The SMILES string of the molecule is CCOCCN(CC)C(=O)c1cccc([N+](=O)[O-])c1Cl. The van der Waals surface area contributed by atoms with E-state index in [0.29, 0.717) is 26.3 Å². The zero-order chi connectivity index (χ0) is 15.1. The molecule has 1 aromatic rings. The van der Waals surface area contributed by atoms with Crippen LogP contribution in [0.4, 0.5) is 5.69 Å². The molecule has 0 fully saturated rings. The van der Waals surface area contributed by atoms with Crippen molar-refractivity contribution < 1.29 is 14.5 Å². The molecule has 0 radical (unpaired) electrons. The Morgan fingerprint density at radius 3 is 2.70 bits per heavy atom. The lowest BCUT2D eigenvalue weighted by atomic mass is 10.1. The van der Waals surface area contributed by atoms with Gasteiger partial charge in [0, 0.05) is 25.8 Å². The first kappa shape index (κ1) is 16.4. The van der Waals surface area contributed by atoms with Crippen molar-refractivity contribution in [2.45, 2.75) is 13.8 Å². The molecule has 7 heteroatoms. The number of hydrogen-bond donors (Lipinski definition) is 0. The van der Waals surface area contributed by atoms with Gasteiger partial charge in [0.05, 0.1) is 17.1 Å². The highest BCUT2D eigenvalue weighted by Crippen LogP contribution is 2.28. The van der Waals surface area contributed by atoms with Gasteiger partial charge in [-0.25, -0.2) is 0 Å². The van der Waals surface area contributed by atoms with Crippen molar-refractivity contribution >= 4 is 23.2 Å². The summed E-state index contributed by atoms with van der Waals surface area (Å²) in [5.41, 5.74) is -0.127. The number of ether oxygens (including phenoxy) is 1. The zero-order valence-electron chi connectivity index (χ0n) is 11.5. The van der Waals surface area contributed by atoms with Gasteiger partial charge in [0.2, 0.25) is 0 Å². The van der Waals surface area contributed by atoms with E-state index in [1.54, 1.807) is 4.90 Å².